The predicted molar refractivity (Wildman–Crippen MR) is 115 cm³/mol. The summed E-state index contributed by atoms with van der Waals surface area (Å²) in [4.78, 5) is 12.3. The molecule has 148 valence electrons. The van der Waals surface area contributed by atoms with E-state index in [0.717, 1.165) is 49.7 Å². The molecule has 1 aromatic carbocycles. The Morgan fingerprint density at radius 3 is 2.68 bits per heavy atom. The molecule has 0 fully saturated rings. The molecular formula is C21H27N5OS. The Morgan fingerprint density at radius 2 is 2.04 bits per heavy atom. The minimum atomic E-state index is 0.578. The van der Waals surface area contributed by atoms with Crippen molar-refractivity contribution in [1.29, 1.82) is 0 Å². The topological polar surface area (TPSA) is 66.6 Å². The van der Waals surface area contributed by atoms with Gasteiger partial charge in [-0.1, -0.05) is 30.3 Å². The van der Waals surface area contributed by atoms with Crippen LogP contribution in [-0.4, -0.2) is 48.2 Å². The molecule has 0 bridgehead atoms. The van der Waals surface area contributed by atoms with Crippen LogP contribution >= 0.6 is 11.3 Å². The van der Waals surface area contributed by atoms with Crippen molar-refractivity contribution in [3.05, 3.63) is 58.0 Å². The highest BCUT2D eigenvalue weighted by Crippen LogP contribution is 2.18. The first-order chi connectivity index (χ1) is 13.7. The van der Waals surface area contributed by atoms with E-state index in [1.165, 1.54) is 10.4 Å². The minimum Gasteiger partial charge on any atom is -0.356 e. The first-order valence-electron chi connectivity index (χ1n) is 9.55. The first kappa shape index (κ1) is 20.1. The lowest BCUT2D eigenvalue weighted by molar-refractivity contribution is 0.423. The Hall–Kier alpha value is -2.67. The smallest absolute Gasteiger partial charge is 0.257 e. The lowest BCUT2D eigenvalue weighted by atomic mass is 10.1. The standard InChI is InChI=1S/C21H27N5OS/c1-4-19-24-20(27-25-19)17-9-7-16(8-10-17)11-13-23-21(22-2)26(3)14-12-18-6-5-15-28-18/h5-10,15H,4,11-14H2,1-3H3,(H,22,23). The van der Waals surface area contributed by atoms with E-state index in [1.54, 1.807) is 11.3 Å². The summed E-state index contributed by atoms with van der Waals surface area (Å²) in [5.74, 6) is 2.23. The molecule has 0 atom stereocenters. The summed E-state index contributed by atoms with van der Waals surface area (Å²) in [6.07, 6.45) is 2.73. The third kappa shape index (κ3) is 5.42. The average Bonchev–Trinajstić information content (AvgIpc) is 3.42. The summed E-state index contributed by atoms with van der Waals surface area (Å²) in [7, 11) is 3.90. The van der Waals surface area contributed by atoms with Gasteiger partial charge in [0.25, 0.3) is 5.89 Å². The third-order valence-electron chi connectivity index (χ3n) is 4.53. The molecule has 6 nitrogen and oxygen atoms in total. The molecule has 0 aliphatic carbocycles. The summed E-state index contributed by atoms with van der Waals surface area (Å²) < 4.78 is 5.29. The van der Waals surface area contributed by atoms with Crippen molar-refractivity contribution >= 4 is 17.3 Å². The molecular weight excluding hydrogens is 370 g/mol. The Balaban J connectivity index is 1.46. The van der Waals surface area contributed by atoms with Crippen molar-refractivity contribution < 1.29 is 4.52 Å². The lowest BCUT2D eigenvalue weighted by Crippen LogP contribution is -2.40. The zero-order chi connectivity index (χ0) is 19.8. The van der Waals surface area contributed by atoms with Gasteiger partial charge >= 0.3 is 0 Å². The van der Waals surface area contributed by atoms with Gasteiger partial charge in [-0.3, -0.25) is 4.99 Å². The van der Waals surface area contributed by atoms with E-state index in [9.17, 15) is 0 Å². The second-order valence-corrected chi connectivity index (χ2v) is 7.57. The number of rotatable bonds is 8. The fraction of sp³-hybridized carbons (Fsp3) is 0.381. The maximum atomic E-state index is 5.29. The van der Waals surface area contributed by atoms with Crippen LogP contribution in [0.25, 0.3) is 11.5 Å². The normalized spacial score (nSPS) is 11.6. The Labute approximate surface area is 170 Å². The van der Waals surface area contributed by atoms with Crippen LogP contribution in [0.4, 0.5) is 0 Å². The van der Waals surface area contributed by atoms with Gasteiger partial charge in [0.05, 0.1) is 0 Å². The molecule has 0 spiro atoms. The van der Waals surface area contributed by atoms with E-state index >= 15 is 0 Å². The first-order valence-corrected chi connectivity index (χ1v) is 10.4. The van der Waals surface area contributed by atoms with Gasteiger partial charge in [-0.15, -0.1) is 11.3 Å². The maximum Gasteiger partial charge on any atom is 0.257 e. The quantitative estimate of drug-likeness (QED) is 0.464. The molecule has 28 heavy (non-hydrogen) atoms. The molecule has 0 saturated heterocycles. The number of aromatic nitrogens is 2. The average molecular weight is 398 g/mol. The number of benzene rings is 1. The third-order valence-corrected chi connectivity index (χ3v) is 5.47. The molecule has 2 heterocycles. The molecule has 3 rings (SSSR count). The van der Waals surface area contributed by atoms with Gasteiger partial charge in [-0.2, -0.15) is 4.98 Å². The monoisotopic (exact) mass is 397 g/mol. The number of hydrogen-bond donors (Lipinski definition) is 1. The summed E-state index contributed by atoms with van der Waals surface area (Å²) in [5.41, 5.74) is 2.20. The summed E-state index contributed by atoms with van der Waals surface area (Å²) >= 11 is 1.80. The predicted octanol–water partition coefficient (Wildman–Crippen LogP) is 3.65. The van der Waals surface area contributed by atoms with Crippen molar-refractivity contribution in [2.45, 2.75) is 26.2 Å². The van der Waals surface area contributed by atoms with E-state index in [0.29, 0.717) is 5.89 Å². The number of thiophene rings is 1. The van der Waals surface area contributed by atoms with Crippen molar-refractivity contribution in [3.63, 3.8) is 0 Å². The van der Waals surface area contributed by atoms with Crippen LogP contribution in [0.15, 0.2) is 51.3 Å². The second kappa shape index (κ2) is 10.0. The van der Waals surface area contributed by atoms with Crippen molar-refractivity contribution in [2.75, 3.05) is 27.2 Å². The van der Waals surface area contributed by atoms with Gasteiger partial charge in [0.2, 0.25) is 0 Å². The number of aryl methyl sites for hydroxylation is 1. The van der Waals surface area contributed by atoms with E-state index in [2.05, 4.69) is 62.0 Å². The van der Waals surface area contributed by atoms with Crippen LogP contribution in [0, 0.1) is 0 Å². The molecule has 0 saturated carbocycles. The highest BCUT2D eigenvalue weighted by molar-refractivity contribution is 7.09. The van der Waals surface area contributed by atoms with E-state index in [-0.39, 0.29) is 0 Å². The molecule has 0 aliphatic heterocycles. The molecule has 3 aromatic rings. The Bertz CT molecular complexity index is 871. The van der Waals surface area contributed by atoms with Gasteiger partial charge < -0.3 is 14.7 Å². The van der Waals surface area contributed by atoms with Crippen LogP contribution in [0.2, 0.25) is 0 Å². The number of guanidine groups is 1. The van der Waals surface area contributed by atoms with E-state index < -0.39 is 0 Å². The highest BCUT2D eigenvalue weighted by atomic mass is 32.1. The maximum absolute atomic E-state index is 5.29. The van der Waals surface area contributed by atoms with Crippen LogP contribution in [0.5, 0.6) is 0 Å². The number of likely N-dealkylation sites (N-methyl/N-ethyl adjacent to an activating group) is 1. The summed E-state index contributed by atoms with van der Waals surface area (Å²) in [6.45, 7) is 3.78. The van der Waals surface area contributed by atoms with Gasteiger partial charge in [-0.05, 0) is 42.0 Å². The van der Waals surface area contributed by atoms with Crippen molar-refractivity contribution in [1.82, 2.24) is 20.4 Å². The van der Waals surface area contributed by atoms with Crippen LogP contribution in [0.1, 0.15) is 23.2 Å². The molecule has 0 aliphatic rings. The van der Waals surface area contributed by atoms with Gasteiger partial charge in [0.15, 0.2) is 11.8 Å². The fourth-order valence-corrected chi connectivity index (χ4v) is 3.57. The van der Waals surface area contributed by atoms with Crippen molar-refractivity contribution in [2.24, 2.45) is 4.99 Å². The number of nitrogens with zero attached hydrogens (tertiary/aromatic N) is 4. The second-order valence-electron chi connectivity index (χ2n) is 6.54. The van der Waals surface area contributed by atoms with Gasteiger partial charge in [-0.25, -0.2) is 0 Å². The largest absolute Gasteiger partial charge is 0.356 e. The zero-order valence-electron chi connectivity index (χ0n) is 16.7. The Morgan fingerprint density at radius 1 is 1.21 bits per heavy atom. The van der Waals surface area contributed by atoms with Crippen molar-refractivity contribution in [3.8, 4) is 11.5 Å². The number of nitrogens with one attached hydrogen (secondary N) is 1. The SMILES string of the molecule is CCc1noc(-c2ccc(CCNC(=NC)N(C)CCc3cccs3)cc2)n1. The molecule has 0 radical (unpaired) electrons. The molecule has 1 N–H and O–H groups in total. The number of aliphatic imine (C=N–C) groups is 1. The van der Waals surface area contributed by atoms with Gasteiger partial charge in [0.1, 0.15) is 0 Å². The van der Waals surface area contributed by atoms with Gasteiger partial charge in [0, 0.05) is 44.0 Å². The highest BCUT2D eigenvalue weighted by Gasteiger charge is 2.08. The van der Waals surface area contributed by atoms with Crippen LogP contribution in [-0.2, 0) is 19.3 Å². The van der Waals surface area contributed by atoms with E-state index in [1.807, 2.05) is 26.1 Å². The Kier molecular flexibility index (Phi) is 7.19. The molecule has 7 heteroatoms. The zero-order valence-corrected chi connectivity index (χ0v) is 17.5. The molecule has 0 unspecified atom stereocenters. The van der Waals surface area contributed by atoms with Crippen LogP contribution in [0.3, 0.4) is 0 Å². The lowest BCUT2D eigenvalue weighted by Gasteiger charge is -2.21. The summed E-state index contributed by atoms with van der Waals surface area (Å²) in [6, 6.07) is 12.6. The molecule has 2 aromatic heterocycles. The van der Waals surface area contributed by atoms with Crippen LogP contribution < -0.4 is 5.32 Å². The number of hydrogen-bond acceptors (Lipinski definition) is 5. The minimum absolute atomic E-state index is 0.578. The fourth-order valence-electron chi connectivity index (χ4n) is 2.87. The molecule has 0 amide bonds. The van der Waals surface area contributed by atoms with E-state index in [4.69, 9.17) is 4.52 Å². The summed E-state index contributed by atoms with van der Waals surface area (Å²) in [5, 5.41) is 9.51.